The lowest BCUT2D eigenvalue weighted by Gasteiger charge is -2.16. The van der Waals surface area contributed by atoms with Crippen molar-refractivity contribution >= 4 is 17.1 Å². The number of hydrogen-bond donors (Lipinski definition) is 1. The number of rotatable bonds is 6. The Balaban J connectivity index is 3.46. The predicted octanol–water partition coefficient (Wildman–Crippen LogP) is 2.57. The van der Waals surface area contributed by atoms with Gasteiger partial charge in [-0.1, -0.05) is 0 Å². The zero-order valence-electron chi connectivity index (χ0n) is 11.8. The number of benzene rings is 1. The van der Waals surface area contributed by atoms with E-state index in [-0.39, 0.29) is 29.7 Å². The summed E-state index contributed by atoms with van der Waals surface area (Å²) in [7, 11) is 1.49. The van der Waals surface area contributed by atoms with E-state index >= 15 is 0 Å². The lowest BCUT2D eigenvalue weighted by Crippen LogP contribution is -2.22. The average Bonchev–Trinajstić information content (AvgIpc) is 2.33. The number of nitro benzene ring substituents is 2. The van der Waals surface area contributed by atoms with Crippen LogP contribution in [0.4, 0.5) is 17.1 Å². The van der Waals surface area contributed by atoms with E-state index in [1.165, 1.54) is 13.2 Å². The summed E-state index contributed by atoms with van der Waals surface area (Å²) in [5, 5.41) is 25.1. The average molecular weight is 283 g/mol. The number of ether oxygens (including phenoxy) is 1. The van der Waals surface area contributed by atoms with Crippen LogP contribution in [0.25, 0.3) is 0 Å². The second kappa shape index (κ2) is 6.29. The first-order chi connectivity index (χ1) is 9.29. The fourth-order valence-electron chi connectivity index (χ4n) is 1.93. The van der Waals surface area contributed by atoms with Gasteiger partial charge >= 0.3 is 5.69 Å². The minimum atomic E-state index is -0.624. The van der Waals surface area contributed by atoms with E-state index in [2.05, 4.69) is 5.32 Å². The first-order valence-electron chi connectivity index (χ1n) is 5.98. The molecule has 1 unspecified atom stereocenters. The van der Waals surface area contributed by atoms with Crippen molar-refractivity contribution < 1.29 is 14.6 Å². The summed E-state index contributed by atoms with van der Waals surface area (Å²) in [6.07, 6.45) is 0. The van der Waals surface area contributed by atoms with Crippen molar-refractivity contribution in [2.45, 2.75) is 26.8 Å². The highest BCUT2D eigenvalue weighted by molar-refractivity contribution is 5.77. The molecule has 1 atom stereocenters. The molecule has 8 nitrogen and oxygen atoms in total. The van der Waals surface area contributed by atoms with Crippen LogP contribution in [0.2, 0.25) is 0 Å². The van der Waals surface area contributed by atoms with E-state index < -0.39 is 9.85 Å². The Morgan fingerprint density at radius 1 is 1.30 bits per heavy atom. The molecular weight excluding hydrogens is 266 g/mol. The van der Waals surface area contributed by atoms with E-state index in [0.29, 0.717) is 11.1 Å². The van der Waals surface area contributed by atoms with Crippen LogP contribution in [0.3, 0.4) is 0 Å². The van der Waals surface area contributed by atoms with Gasteiger partial charge in [-0.15, -0.1) is 0 Å². The first kappa shape index (κ1) is 15.8. The van der Waals surface area contributed by atoms with Crippen LogP contribution in [-0.2, 0) is 4.74 Å². The zero-order valence-corrected chi connectivity index (χ0v) is 11.8. The van der Waals surface area contributed by atoms with Gasteiger partial charge in [-0.2, -0.15) is 0 Å². The topological polar surface area (TPSA) is 108 Å². The quantitative estimate of drug-likeness (QED) is 0.635. The Bertz CT molecular complexity index is 544. The van der Waals surface area contributed by atoms with Gasteiger partial charge in [0.15, 0.2) is 5.69 Å². The largest absolute Gasteiger partial charge is 0.383 e. The molecule has 0 saturated heterocycles. The van der Waals surface area contributed by atoms with Gasteiger partial charge in [-0.3, -0.25) is 20.2 Å². The number of anilines is 1. The monoisotopic (exact) mass is 283 g/mol. The highest BCUT2D eigenvalue weighted by Crippen LogP contribution is 2.39. The van der Waals surface area contributed by atoms with Crippen molar-refractivity contribution in [2.24, 2.45) is 0 Å². The molecule has 0 heterocycles. The van der Waals surface area contributed by atoms with Crippen molar-refractivity contribution in [3.05, 3.63) is 37.4 Å². The molecule has 20 heavy (non-hydrogen) atoms. The Kier molecular flexibility index (Phi) is 4.98. The van der Waals surface area contributed by atoms with Gasteiger partial charge in [-0.05, 0) is 26.3 Å². The molecular formula is C12H17N3O5. The van der Waals surface area contributed by atoms with Gasteiger partial charge in [0.05, 0.1) is 16.5 Å². The number of methoxy groups -OCH3 is 1. The number of nitrogens with zero attached hydrogens (tertiary/aromatic N) is 2. The molecule has 0 fully saturated rings. The molecule has 0 aliphatic heterocycles. The second-order valence-corrected chi connectivity index (χ2v) is 4.58. The van der Waals surface area contributed by atoms with E-state index in [0.717, 1.165) is 0 Å². The van der Waals surface area contributed by atoms with Crippen molar-refractivity contribution in [2.75, 3.05) is 19.0 Å². The van der Waals surface area contributed by atoms with Crippen LogP contribution < -0.4 is 5.32 Å². The molecule has 0 aromatic heterocycles. The molecule has 8 heteroatoms. The highest BCUT2D eigenvalue weighted by Gasteiger charge is 2.30. The van der Waals surface area contributed by atoms with Crippen LogP contribution in [0, 0.1) is 34.1 Å². The minimum absolute atomic E-state index is 0.0762. The summed E-state index contributed by atoms with van der Waals surface area (Å²) in [4.78, 5) is 21.1. The maximum absolute atomic E-state index is 11.2. The SMILES string of the molecule is COCC(C)Nc1c([N+](=O)[O-])cc(C)c(C)c1[N+](=O)[O-]. The molecule has 0 radical (unpaired) electrons. The van der Waals surface area contributed by atoms with Gasteiger partial charge in [0, 0.05) is 24.8 Å². The van der Waals surface area contributed by atoms with Gasteiger partial charge in [0.1, 0.15) is 0 Å². The summed E-state index contributed by atoms with van der Waals surface area (Å²) in [5.41, 5.74) is 0.274. The third-order valence-electron chi connectivity index (χ3n) is 2.98. The predicted molar refractivity (Wildman–Crippen MR) is 74.2 cm³/mol. The van der Waals surface area contributed by atoms with Crippen LogP contribution in [0.15, 0.2) is 6.07 Å². The van der Waals surface area contributed by atoms with Crippen LogP contribution in [-0.4, -0.2) is 29.6 Å². The second-order valence-electron chi connectivity index (χ2n) is 4.58. The standard InChI is InChI=1S/C12H17N3O5/c1-7-5-10(14(16)17)11(13-8(2)6-20-4)12(9(7)3)15(18)19/h5,8,13H,6H2,1-4H3. The van der Waals surface area contributed by atoms with Crippen molar-refractivity contribution in [1.29, 1.82) is 0 Å². The summed E-state index contributed by atoms with van der Waals surface area (Å²) < 4.78 is 4.93. The number of nitro groups is 2. The smallest absolute Gasteiger partial charge is 0.302 e. The summed E-state index contributed by atoms with van der Waals surface area (Å²) in [6.45, 7) is 5.19. The maximum Gasteiger partial charge on any atom is 0.302 e. The van der Waals surface area contributed by atoms with E-state index in [9.17, 15) is 20.2 Å². The molecule has 1 aromatic carbocycles. The van der Waals surface area contributed by atoms with Crippen LogP contribution >= 0.6 is 0 Å². The van der Waals surface area contributed by atoms with Crippen LogP contribution in [0.1, 0.15) is 18.1 Å². The lowest BCUT2D eigenvalue weighted by molar-refractivity contribution is -0.392. The summed E-state index contributed by atoms with van der Waals surface area (Å²) >= 11 is 0. The molecule has 0 bridgehead atoms. The molecule has 110 valence electrons. The highest BCUT2D eigenvalue weighted by atomic mass is 16.6. The Labute approximate surface area is 116 Å². The minimum Gasteiger partial charge on any atom is -0.383 e. The number of nitrogens with one attached hydrogen (secondary N) is 1. The molecule has 0 saturated carbocycles. The third-order valence-corrected chi connectivity index (χ3v) is 2.98. The van der Waals surface area contributed by atoms with Crippen molar-refractivity contribution in [1.82, 2.24) is 0 Å². The Morgan fingerprint density at radius 3 is 2.35 bits per heavy atom. The molecule has 1 aromatic rings. The fraction of sp³-hybridized carbons (Fsp3) is 0.500. The van der Waals surface area contributed by atoms with Crippen molar-refractivity contribution in [3.8, 4) is 0 Å². The Hall–Kier alpha value is -2.22. The Morgan fingerprint density at radius 2 is 1.90 bits per heavy atom. The van der Waals surface area contributed by atoms with Crippen molar-refractivity contribution in [3.63, 3.8) is 0 Å². The third kappa shape index (κ3) is 3.21. The molecule has 1 N–H and O–H groups in total. The van der Waals surface area contributed by atoms with Gasteiger partial charge in [-0.25, -0.2) is 0 Å². The van der Waals surface area contributed by atoms with Gasteiger partial charge in [0.25, 0.3) is 5.69 Å². The number of hydrogen-bond acceptors (Lipinski definition) is 6. The normalized spacial score (nSPS) is 12.0. The lowest BCUT2D eigenvalue weighted by atomic mass is 10.0. The molecule has 0 spiro atoms. The molecule has 0 amide bonds. The first-order valence-corrected chi connectivity index (χ1v) is 5.98. The maximum atomic E-state index is 11.2. The molecule has 0 aliphatic rings. The fourth-order valence-corrected chi connectivity index (χ4v) is 1.93. The van der Waals surface area contributed by atoms with E-state index in [4.69, 9.17) is 4.74 Å². The summed E-state index contributed by atoms with van der Waals surface area (Å²) in [5.74, 6) is 0. The van der Waals surface area contributed by atoms with E-state index in [1.54, 1.807) is 20.8 Å². The van der Waals surface area contributed by atoms with Crippen LogP contribution in [0.5, 0.6) is 0 Å². The van der Waals surface area contributed by atoms with Gasteiger partial charge in [0.2, 0.25) is 0 Å². The van der Waals surface area contributed by atoms with E-state index in [1.807, 2.05) is 0 Å². The summed E-state index contributed by atoms with van der Waals surface area (Å²) in [6, 6.07) is 1.05. The number of aryl methyl sites for hydroxylation is 1. The molecule has 1 rings (SSSR count). The van der Waals surface area contributed by atoms with Gasteiger partial charge < -0.3 is 10.1 Å². The molecule has 0 aliphatic carbocycles. The zero-order chi connectivity index (χ0) is 15.4.